The molecule has 0 radical (unpaired) electrons. The Kier molecular flexibility index (Phi) is 77.8. The van der Waals surface area contributed by atoms with Crippen LogP contribution in [0.15, 0.2) is 36.5 Å². The summed E-state index contributed by atoms with van der Waals surface area (Å²) in [6.45, 7) is 4.95. The van der Waals surface area contributed by atoms with Gasteiger partial charge in [0, 0.05) is 12.8 Å². The topological polar surface area (TPSA) is 95.9 Å². The zero-order valence-electron chi connectivity index (χ0n) is 61.1. The van der Waals surface area contributed by atoms with Gasteiger partial charge in [-0.15, -0.1) is 0 Å². The zero-order valence-corrected chi connectivity index (χ0v) is 61.1. The Bertz CT molecular complexity index is 1460. The third-order valence-electron chi connectivity index (χ3n) is 19.4. The molecule has 532 valence electrons. The number of carbonyl (C=O) groups is 2. The van der Waals surface area contributed by atoms with Crippen molar-refractivity contribution in [3.8, 4) is 0 Å². The molecule has 90 heavy (non-hydrogen) atoms. The van der Waals surface area contributed by atoms with Gasteiger partial charge in [0.15, 0.2) is 0 Å². The number of ether oxygens (including phenoxy) is 1. The van der Waals surface area contributed by atoms with Crippen LogP contribution in [0.3, 0.4) is 0 Å². The highest BCUT2D eigenvalue weighted by Gasteiger charge is 2.18. The van der Waals surface area contributed by atoms with Crippen molar-refractivity contribution in [2.75, 3.05) is 13.2 Å². The summed E-state index contributed by atoms with van der Waals surface area (Å²) in [7, 11) is 0. The molecular formula is C84H161NO5. The van der Waals surface area contributed by atoms with E-state index in [0.717, 1.165) is 38.5 Å². The van der Waals surface area contributed by atoms with Crippen LogP contribution in [0.4, 0.5) is 0 Å². The minimum Gasteiger partial charge on any atom is -0.466 e. The molecule has 0 bridgehead atoms. The second-order valence-corrected chi connectivity index (χ2v) is 28.4. The average Bonchev–Trinajstić information content (AvgIpc) is 3.68. The average molecular weight is 1270 g/mol. The number of aliphatic hydroxyl groups is 2. The first kappa shape index (κ1) is 88.1. The van der Waals surface area contributed by atoms with Crippen molar-refractivity contribution in [3.63, 3.8) is 0 Å². The molecule has 6 nitrogen and oxygen atoms in total. The number of rotatable bonds is 78. The van der Waals surface area contributed by atoms with Crippen LogP contribution in [-0.4, -0.2) is 47.4 Å². The van der Waals surface area contributed by atoms with Crippen LogP contribution >= 0.6 is 0 Å². The maximum Gasteiger partial charge on any atom is 0.305 e. The highest BCUT2D eigenvalue weighted by molar-refractivity contribution is 5.76. The van der Waals surface area contributed by atoms with Gasteiger partial charge < -0.3 is 20.3 Å². The van der Waals surface area contributed by atoms with Crippen molar-refractivity contribution in [1.29, 1.82) is 0 Å². The lowest BCUT2D eigenvalue weighted by Gasteiger charge is -2.20. The number of hydrogen-bond donors (Lipinski definition) is 3. The van der Waals surface area contributed by atoms with E-state index in [1.807, 2.05) is 6.08 Å². The molecule has 0 spiro atoms. The van der Waals surface area contributed by atoms with Crippen molar-refractivity contribution in [3.05, 3.63) is 36.5 Å². The summed E-state index contributed by atoms with van der Waals surface area (Å²) >= 11 is 0. The lowest BCUT2D eigenvalue weighted by molar-refractivity contribution is -0.143. The van der Waals surface area contributed by atoms with E-state index >= 15 is 0 Å². The summed E-state index contributed by atoms with van der Waals surface area (Å²) in [4.78, 5) is 24.7. The predicted molar refractivity (Wildman–Crippen MR) is 398 cm³/mol. The van der Waals surface area contributed by atoms with Crippen molar-refractivity contribution in [1.82, 2.24) is 5.32 Å². The molecule has 2 unspecified atom stereocenters. The van der Waals surface area contributed by atoms with E-state index < -0.39 is 12.1 Å². The van der Waals surface area contributed by atoms with E-state index in [1.165, 1.54) is 398 Å². The van der Waals surface area contributed by atoms with E-state index in [9.17, 15) is 19.8 Å². The SMILES string of the molecule is CCCCCCCC/C=C\CCCCCCCCCCCC(=O)OCCCCCCCCCCCCCC/C=C\CCCCCCCCCCCCCCCCC(=O)NC(CO)C(O)/C=C/CCCCCCCCCCCCCCCCCCCCCCCC. The van der Waals surface area contributed by atoms with Crippen molar-refractivity contribution in [2.24, 2.45) is 0 Å². The fourth-order valence-corrected chi connectivity index (χ4v) is 13.1. The van der Waals surface area contributed by atoms with E-state index in [-0.39, 0.29) is 18.5 Å². The van der Waals surface area contributed by atoms with E-state index in [0.29, 0.717) is 19.4 Å². The van der Waals surface area contributed by atoms with Crippen LogP contribution in [-0.2, 0) is 14.3 Å². The molecule has 0 aliphatic rings. The van der Waals surface area contributed by atoms with E-state index in [2.05, 4.69) is 43.5 Å². The molecule has 0 fully saturated rings. The monoisotopic (exact) mass is 1260 g/mol. The van der Waals surface area contributed by atoms with Gasteiger partial charge in [0.25, 0.3) is 0 Å². The number of carbonyl (C=O) groups excluding carboxylic acids is 2. The van der Waals surface area contributed by atoms with Gasteiger partial charge in [0.05, 0.1) is 25.4 Å². The molecule has 3 N–H and O–H groups in total. The smallest absolute Gasteiger partial charge is 0.305 e. The number of nitrogens with one attached hydrogen (secondary N) is 1. The first-order valence-electron chi connectivity index (χ1n) is 41.3. The first-order chi connectivity index (χ1) is 44.5. The van der Waals surface area contributed by atoms with Crippen LogP contribution in [0.2, 0.25) is 0 Å². The molecule has 0 aliphatic carbocycles. The Labute approximate surface area is 564 Å². The third kappa shape index (κ3) is 75.1. The Morgan fingerprint density at radius 2 is 0.522 bits per heavy atom. The van der Waals surface area contributed by atoms with Crippen LogP contribution in [0.1, 0.15) is 463 Å². The summed E-state index contributed by atoms with van der Waals surface area (Å²) in [5, 5.41) is 23.3. The quantitative estimate of drug-likeness (QED) is 0.0320. The summed E-state index contributed by atoms with van der Waals surface area (Å²) in [5.74, 6) is -0.0440. The van der Waals surface area contributed by atoms with Gasteiger partial charge in [0.1, 0.15) is 0 Å². The van der Waals surface area contributed by atoms with E-state index in [1.54, 1.807) is 6.08 Å². The molecule has 6 heteroatoms. The Morgan fingerprint density at radius 1 is 0.300 bits per heavy atom. The largest absolute Gasteiger partial charge is 0.466 e. The summed E-state index contributed by atoms with van der Waals surface area (Å²) in [5.41, 5.74) is 0. The lowest BCUT2D eigenvalue weighted by Crippen LogP contribution is -2.45. The molecule has 0 aromatic rings. The number of amides is 1. The number of hydrogen-bond acceptors (Lipinski definition) is 5. The standard InChI is InChI=1S/C84H161NO5/c1-3-5-7-9-11-13-15-17-19-21-23-24-25-34-37-41-44-48-52-56-60-64-68-72-76-82(87)81(80-86)85-83(88)77-73-69-65-61-57-53-49-45-42-38-35-32-30-28-26-27-29-31-33-36-39-43-47-51-55-59-63-67-71-75-79-90-84(89)78-74-70-66-62-58-54-50-46-40-22-20-18-16-14-12-10-8-6-4-2/h18,20,27,29,72,76,81-82,86-87H,3-17,19,21-26,28,30-71,73-75,77-80H2,1-2H3,(H,85,88)/b20-18-,29-27-,76-72+. The molecule has 0 saturated carbocycles. The maximum absolute atomic E-state index is 12.6. The molecule has 0 rings (SSSR count). The summed E-state index contributed by atoms with van der Waals surface area (Å²) in [6.07, 6.45) is 104. The number of esters is 1. The van der Waals surface area contributed by atoms with Crippen LogP contribution < -0.4 is 5.32 Å². The Morgan fingerprint density at radius 3 is 0.789 bits per heavy atom. The lowest BCUT2D eigenvalue weighted by atomic mass is 10.0. The van der Waals surface area contributed by atoms with E-state index in [4.69, 9.17) is 4.74 Å². The summed E-state index contributed by atoms with van der Waals surface area (Å²) in [6, 6.07) is -0.629. The van der Waals surface area contributed by atoms with Crippen LogP contribution in [0.25, 0.3) is 0 Å². The minimum atomic E-state index is -0.845. The predicted octanol–water partition coefficient (Wildman–Crippen LogP) is 27.4. The van der Waals surface area contributed by atoms with Gasteiger partial charge in [-0.1, -0.05) is 403 Å². The molecule has 1 amide bonds. The van der Waals surface area contributed by atoms with Gasteiger partial charge in [-0.3, -0.25) is 9.59 Å². The van der Waals surface area contributed by atoms with Crippen molar-refractivity contribution >= 4 is 11.9 Å². The second-order valence-electron chi connectivity index (χ2n) is 28.4. The van der Waals surface area contributed by atoms with Crippen LogP contribution in [0, 0.1) is 0 Å². The fraction of sp³-hybridized carbons (Fsp3) is 0.905. The maximum atomic E-state index is 12.6. The molecule has 0 aromatic heterocycles. The number of aliphatic hydroxyl groups excluding tert-OH is 2. The third-order valence-corrected chi connectivity index (χ3v) is 19.4. The first-order valence-corrected chi connectivity index (χ1v) is 41.3. The zero-order chi connectivity index (χ0) is 64.9. The Balaban J connectivity index is 3.38. The molecule has 0 aliphatic heterocycles. The molecule has 0 aromatic carbocycles. The second kappa shape index (κ2) is 79.5. The van der Waals surface area contributed by atoms with Gasteiger partial charge in [-0.2, -0.15) is 0 Å². The van der Waals surface area contributed by atoms with Crippen LogP contribution in [0.5, 0.6) is 0 Å². The highest BCUT2D eigenvalue weighted by atomic mass is 16.5. The number of allylic oxidation sites excluding steroid dienone is 5. The molecule has 0 heterocycles. The normalized spacial score (nSPS) is 12.6. The van der Waals surface area contributed by atoms with Gasteiger partial charge in [0.2, 0.25) is 5.91 Å². The molecule has 2 atom stereocenters. The molecule has 0 saturated heterocycles. The minimum absolute atomic E-state index is 0.0174. The number of unbranched alkanes of at least 4 members (excludes halogenated alkanes) is 63. The highest BCUT2D eigenvalue weighted by Crippen LogP contribution is 2.20. The van der Waals surface area contributed by atoms with Crippen molar-refractivity contribution < 1.29 is 24.5 Å². The van der Waals surface area contributed by atoms with Gasteiger partial charge in [-0.05, 0) is 83.5 Å². The van der Waals surface area contributed by atoms with Gasteiger partial charge in [-0.25, -0.2) is 0 Å². The van der Waals surface area contributed by atoms with Crippen molar-refractivity contribution in [2.45, 2.75) is 475 Å². The Hall–Kier alpha value is -1.92. The van der Waals surface area contributed by atoms with Gasteiger partial charge >= 0.3 is 5.97 Å². The summed E-state index contributed by atoms with van der Waals surface area (Å²) < 4.78 is 5.52. The fourth-order valence-electron chi connectivity index (χ4n) is 13.1. The molecular weight excluding hydrogens is 1100 g/mol.